The van der Waals surface area contributed by atoms with Crippen molar-refractivity contribution in [3.05, 3.63) is 93.4 Å². The molecule has 4 nitrogen and oxygen atoms in total. The van der Waals surface area contributed by atoms with Crippen LogP contribution in [-0.4, -0.2) is 10.9 Å². The van der Waals surface area contributed by atoms with Gasteiger partial charge in [-0.25, -0.2) is 4.98 Å². The molecule has 1 aromatic heterocycles. The second-order valence-electron chi connectivity index (χ2n) is 6.92. The molecular weight excluding hydrogens is 455 g/mol. The first-order valence-corrected chi connectivity index (χ1v) is 10.5. The number of anilines is 1. The van der Waals surface area contributed by atoms with Crippen molar-refractivity contribution in [2.24, 2.45) is 0 Å². The van der Waals surface area contributed by atoms with Gasteiger partial charge in [0.05, 0.1) is 10.6 Å². The number of halogens is 3. The first-order chi connectivity index (χ1) is 15.0. The number of aromatic nitrogens is 1. The molecule has 4 aromatic carbocycles. The lowest BCUT2D eigenvalue weighted by Gasteiger charge is -2.09. The van der Waals surface area contributed by atoms with Gasteiger partial charge in [-0.05, 0) is 53.9 Å². The highest BCUT2D eigenvalue weighted by Crippen LogP contribution is 2.33. The highest BCUT2D eigenvalue weighted by atomic mass is 35.5. The fourth-order valence-electron chi connectivity index (χ4n) is 3.45. The number of hydrogen-bond acceptors (Lipinski definition) is 3. The smallest absolute Gasteiger partial charge is 0.256 e. The van der Waals surface area contributed by atoms with Crippen LogP contribution in [0.4, 0.5) is 5.69 Å². The van der Waals surface area contributed by atoms with Crippen molar-refractivity contribution in [1.29, 1.82) is 0 Å². The molecule has 0 aliphatic carbocycles. The zero-order valence-electron chi connectivity index (χ0n) is 15.8. The summed E-state index contributed by atoms with van der Waals surface area (Å²) in [6.45, 7) is 0. The fourth-order valence-corrected chi connectivity index (χ4v) is 4.06. The molecule has 0 aliphatic rings. The summed E-state index contributed by atoms with van der Waals surface area (Å²) >= 11 is 18.6. The Balaban J connectivity index is 1.48. The van der Waals surface area contributed by atoms with Crippen LogP contribution in [0.3, 0.4) is 0 Å². The SMILES string of the molecule is O=C(Nc1ccc2oc(-c3cc(Cl)ccc3Cl)nc2c1)c1cccc2c(Cl)cccc12. The van der Waals surface area contributed by atoms with Gasteiger partial charge in [-0.3, -0.25) is 4.79 Å². The zero-order valence-corrected chi connectivity index (χ0v) is 18.1. The summed E-state index contributed by atoms with van der Waals surface area (Å²) in [4.78, 5) is 17.5. The topological polar surface area (TPSA) is 55.1 Å². The van der Waals surface area contributed by atoms with Gasteiger partial charge in [-0.2, -0.15) is 0 Å². The standard InChI is InChI=1S/C24H13Cl3N2O2/c25-13-7-9-20(27)18(11-13)24-29-21-12-14(8-10-22(21)31-24)28-23(30)17-5-1-4-16-15(17)3-2-6-19(16)26/h1-12H,(H,28,30). The van der Waals surface area contributed by atoms with Crippen molar-refractivity contribution < 1.29 is 9.21 Å². The Kier molecular flexibility index (Phi) is 5.06. The van der Waals surface area contributed by atoms with Gasteiger partial charge in [0.2, 0.25) is 5.89 Å². The second-order valence-corrected chi connectivity index (χ2v) is 8.17. The molecule has 1 amide bonds. The molecule has 0 bridgehead atoms. The summed E-state index contributed by atoms with van der Waals surface area (Å²) in [6.07, 6.45) is 0. The normalized spacial score (nSPS) is 11.2. The molecule has 0 fully saturated rings. The summed E-state index contributed by atoms with van der Waals surface area (Å²) in [5.74, 6) is 0.114. The van der Waals surface area contributed by atoms with Crippen LogP contribution in [0.25, 0.3) is 33.3 Å². The molecule has 0 radical (unpaired) electrons. The number of carbonyl (C=O) groups is 1. The average Bonchev–Trinajstić information content (AvgIpc) is 3.18. The predicted molar refractivity (Wildman–Crippen MR) is 126 cm³/mol. The number of fused-ring (bicyclic) bond motifs is 2. The van der Waals surface area contributed by atoms with E-state index in [0.29, 0.717) is 48.9 Å². The molecular formula is C24H13Cl3N2O2. The first kappa shape index (κ1) is 19.9. The lowest BCUT2D eigenvalue weighted by Crippen LogP contribution is -2.12. The molecule has 0 saturated heterocycles. The van der Waals surface area contributed by atoms with Gasteiger partial charge in [0.1, 0.15) is 5.52 Å². The molecule has 7 heteroatoms. The Morgan fingerprint density at radius 3 is 2.52 bits per heavy atom. The van der Waals surface area contributed by atoms with E-state index in [2.05, 4.69) is 10.3 Å². The van der Waals surface area contributed by atoms with Crippen LogP contribution in [0.2, 0.25) is 15.1 Å². The summed E-state index contributed by atoms with van der Waals surface area (Å²) in [5.41, 5.74) is 2.88. The van der Waals surface area contributed by atoms with E-state index in [1.807, 2.05) is 24.3 Å². The van der Waals surface area contributed by atoms with Crippen molar-refractivity contribution in [3.63, 3.8) is 0 Å². The molecule has 152 valence electrons. The number of hydrogen-bond donors (Lipinski definition) is 1. The van der Waals surface area contributed by atoms with Gasteiger partial charge in [0.25, 0.3) is 5.91 Å². The fraction of sp³-hybridized carbons (Fsp3) is 0. The highest BCUT2D eigenvalue weighted by Gasteiger charge is 2.15. The molecule has 5 rings (SSSR count). The quantitative estimate of drug-likeness (QED) is 0.294. The van der Waals surface area contributed by atoms with Crippen molar-refractivity contribution in [2.45, 2.75) is 0 Å². The molecule has 31 heavy (non-hydrogen) atoms. The van der Waals surface area contributed by atoms with Crippen molar-refractivity contribution in [1.82, 2.24) is 4.98 Å². The molecule has 5 aromatic rings. The average molecular weight is 468 g/mol. The van der Waals surface area contributed by atoms with Crippen molar-refractivity contribution >= 4 is 68.3 Å². The Hall–Kier alpha value is -3.05. The van der Waals surface area contributed by atoms with Gasteiger partial charge in [0.15, 0.2) is 5.58 Å². The molecule has 0 saturated carbocycles. The van der Waals surface area contributed by atoms with E-state index in [0.717, 1.165) is 10.8 Å². The Morgan fingerprint density at radius 1 is 0.839 bits per heavy atom. The number of carbonyl (C=O) groups excluding carboxylic acids is 1. The molecule has 0 unspecified atom stereocenters. The summed E-state index contributed by atoms with van der Waals surface area (Å²) in [6, 6.07) is 21.3. The lowest BCUT2D eigenvalue weighted by atomic mass is 10.0. The molecule has 0 aliphatic heterocycles. The third kappa shape index (κ3) is 3.74. The monoisotopic (exact) mass is 466 g/mol. The van der Waals surface area contributed by atoms with Crippen LogP contribution in [-0.2, 0) is 0 Å². The minimum absolute atomic E-state index is 0.242. The Bertz CT molecular complexity index is 1480. The molecule has 1 heterocycles. The maximum Gasteiger partial charge on any atom is 0.256 e. The van der Waals surface area contributed by atoms with E-state index in [4.69, 9.17) is 39.2 Å². The van der Waals surface area contributed by atoms with E-state index in [-0.39, 0.29) is 5.91 Å². The number of rotatable bonds is 3. The van der Waals surface area contributed by atoms with Crippen LogP contribution in [0.15, 0.2) is 77.2 Å². The van der Waals surface area contributed by atoms with Crippen molar-refractivity contribution in [3.8, 4) is 11.5 Å². The van der Waals surface area contributed by atoms with E-state index < -0.39 is 0 Å². The van der Waals surface area contributed by atoms with E-state index in [1.165, 1.54) is 0 Å². The Morgan fingerprint density at radius 2 is 1.65 bits per heavy atom. The van der Waals surface area contributed by atoms with E-state index >= 15 is 0 Å². The predicted octanol–water partition coefficient (Wildman–Crippen LogP) is 7.86. The molecule has 0 spiro atoms. The van der Waals surface area contributed by atoms with E-state index in [9.17, 15) is 4.79 Å². The van der Waals surface area contributed by atoms with Crippen LogP contribution in [0.1, 0.15) is 10.4 Å². The number of oxazole rings is 1. The lowest BCUT2D eigenvalue weighted by molar-refractivity contribution is 0.102. The van der Waals surface area contributed by atoms with Crippen molar-refractivity contribution in [2.75, 3.05) is 5.32 Å². The minimum Gasteiger partial charge on any atom is -0.436 e. The second kappa shape index (κ2) is 7.89. The molecule has 1 N–H and O–H groups in total. The zero-order chi connectivity index (χ0) is 21.5. The van der Waals surface area contributed by atoms with Gasteiger partial charge >= 0.3 is 0 Å². The number of amides is 1. The van der Waals surface area contributed by atoms with Gasteiger partial charge in [-0.1, -0.05) is 59.1 Å². The minimum atomic E-state index is -0.242. The molecule has 0 atom stereocenters. The number of benzene rings is 4. The largest absolute Gasteiger partial charge is 0.436 e. The highest BCUT2D eigenvalue weighted by molar-refractivity contribution is 6.36. The summed E-state index contributed by atoms with van der Waals surface area (Å²) < 4.78 is 5.82. The van der Waals surface area contributed by atoms with Crippen LogP contribution in [0.5, 0.6) is 0 Å². The summed E-state index contributed by atoms with van der Waals surface area (Å²) in [7, 11) is 0. The van der Waals surface area contributed by atoms with Crippen LogP contribution in [0, 0.1) is 0 Å². The van der Waals surface area contributed by atoms with E-state index in [1.54, 1.807) is 48.5 Å². The third-order valence-corrected chi connectivity index (χ3v) is 5.81. The Labute approximate surface area is 192 Å². The van der Waals surface area contributed by atoms with Gasteiger partial charge in [-0.15, -0.1) is 0 Å². The van der Waals surface area contributed by atoms with Crippen LogP contribution >= 0.6 is 34.8 Å². The number of nitrogens with zero attached hydrogens (tertiary/aromatic N) is 1. The maximum absolute atomic E-state index is 13.0. The first-order valence-electron chi connectivity index (χ1n) is 9.34. The van der Waals surface area contributed by atoms with Gasteiger partial charge in [0, 0.05) is 26.7 Å². The maximum atomic E-state index is 13.0. The van der Waals surface area contributed by atoms with Crippen LogP contribution < -0.4 is 5.32 Å². The summed E-state index contributed by atoms with van der Waals surface area (Å²) in [5, 5.41) is 6.15. The third-order valence-electron chi connectivity index (χ3n) is 4.92. The van der Waals surface area contributed by atoms with Gasteiger partial charge < -0.3 is 9.73 Å². The number of nitrogens with one attached hydrogen (secondary N) is 1.